The van der Waals surface area contributed by atoms with Crippen molar-refractivity contribution < 1.29 is 18.0 Å². The number of carbonyl (C=O) groups excluding carboxylic acids is 2. The second kappa shape index (κ2) is 14.7. The van der Waals surface area contributed by atoms with Crippen molar-refractivity contribution in [2.24, 2.45) is 0 Å². The minimum atomic E-state index is -3.83. The molecular formula is C31H37Cl2N3O4S. The number of sulfonamides is 1. The van der Waals surface area contributed by atoms with Crippen molar-refractivity contribution in [3.05, 3.63) is 99.5 Å². The van der Waals surface area contributed by atoms with Crippen molar-refractivity contribution in [1.82, 2.24) is 10.2 Å². The lowest BCUT2D eigenvalue weighted by Gasteiger charge is -2.34. The van der Waals surface area contributed by atoms with E-state index in [1.54, 1.807) is 30.3 Å². The Morgan fingerprint density at radius 3 is 2.07 bits per heavy atom. The summed E-state index contributed by atoms with van der Waals surface area (Å²) in [5.74, 6) is -0.851. The van der Waals surface area contributed by atoms with E-state index < -0.39 is 28.5 Å². The summed E-state index contributed by atoms with van der Waals surface area (Å²) in [4.78, 5) is 29.3. The van der Waals surface area contributed by atoms with Crippen LogP contribution < -0.4 is 9.62 Å². The van der Waals surface area contributed by atoms with Gasteiger partial charge in [-0.25, -0.2) is 8.42 Å². The number of nitrogens with one attached hydrogen (secondary N) is 1. The maximum Gasteiger partial charge on any atom is 0.244 e. The van der Waals surface area contributed by atoms with E-state index in [2.05, 4.69) is 5.32 Å². The van der Waals surface area contributed by atoms with Crippen LogP contribution in [0.15, 0.2) is 72.8 Å². The maximum absolute atomic E-state index is 14.1. The number of aryl methyl sites for hydroxylation is 1. The summed E-state index contributed by atoms with van der Waals surface area (Å²) in [6, 6.07) is 20.4. The van der Waals surface area contributed by atoms with Gasteiger partial charge in [0.25, 0.3) is 0 Å². The monoisotopic (exact) mass is 617 g/mol. The predicted octanol–water partition coefficient (Wildman–Crippen LogP) is 5.88. The summed E-state index contributed by atoms with van der Waals surface area (Å²) < 4.78 is 26.9. The highest BCUT2D eigenvalue weighted by Crippen LogP contribution is 2.25. The Morgan fingerprint density at radius 2 is 1.51 bits per heavy atom. The fraction of sp³-hybridized carbons (Fsp3) is 0.355. The van der Waals surface area contributed by atoms with E-state index in [9.17, 15) is 18.0 Å². The molecule has 0 aliphatic rings. The van der Waals surface area contributed by atoms with Gasteiger partial charge in [0.1, 0.15) is 12.6 Å². The normalized spacial score (nSPS) is 12.8. The van der Waals surface area contributed by atoms with Crippen LogP contribution in [-0.4, -0.2) is 50.0 Å². The smallest absolute Gasteiger partial charge is 0.244 e. The van der Waals surface area contributed by atoms with Crippen molar-refractivity contribution in [2.75, 3.05) is 17.1 Å². The molecule has 0 aromatic heterocycles. The molecule has 10 heteroatoms. The topological polar surface area (TPSA) is 86.8 Å². The average molecular weight is 619 g/mol. The van der Waals surface area contributed by atoms with E-state index in [1.807, 2.05) is 63.2 Å². The van der Waals surface area contributed by atoms with E-state index in [1.165, 1.54) is 4.90 Å². The van der Waals surface area contributed by atoms with Gasteiger partial charge in [-0.05, 0) is 60.7 Å². The molecule has 3 aromatic carbocycles. The van der Waals surface area contributed by atoms with Gasteiger partial charge in [-0.1, -0.05) is 85.6 Å². The number of halogens is 2. The molecule has 2 amide bonds. The van der Waals surface area contributed by atoms with Gasteiger partial charge in [0.2, 0.25) is 21.8 Å². The van der Waals surface area contributed by atoms with Crippen LogP contribution in [-0.2, 0) is 39.0 Å². The summed E-state index contributed by atoms with van der Waals surface area (Å²) in [5, 5.41) is 3.68. The summed E-state index contributed by atoms with van der Waals surface area (Å²) >= 11 is 12.4. The van der Waals surface area contributed by atoms with Gasteiger partial charge in [-0.2, -0.15) is 0 Å². The average Bonchev–Trinajstić information content (AvgIpc) is 2.95. The van der Waals surface area contributed by atoms with Gasteiger partial charge in [0.15, 0.2) is 0 Å². The zero-order chi connectivity index (χ0) is 30.2. The third-order valence-corrected chi connectivity index (χ3v) is 8.80. The molecule has 3 rings (SSSR count). The largest absolute Gasteiger partial charge is 0.352 e. The quantitative estimate of drug-likeness (QED) is 0.260. The molecule has 0 heterocycles. The highest BCUT2D eigenvalue weighted by molar-refractivity contribution is 7.92. The fourth-order valence-electron chi connectivity index (χ4n) is 4.34. The summed E-state index contributed by atoms with van der Waals surface area (Å²) in [6.07, 6.45) is 2.80. The Kier molecular flexibility index (Phi) is 11.6. The zero-order valence-corrected chi connectivity index (χ0v) is 26.1. The van der Waals surface area contributed by atoms with Gasteiger partial charge >= 0.3 is 0 Å². The van der Waals surface area contributed by atoms with Crippen LogP contribution in [0.25, 0.3) is 0 Å². The van der Waals surface area contributed by atoms with Gasteiger partial charge in [-0.3, -0.25) is 13.9 Å². The third kappa shape index (κ3) is 9.21. The number of carbonyl (C=O) groups is 2. The van der Waals surface area contributed by atoms with Crippen LogP contribution in [0, 0.1) is 0 Å². The predicted molar refractivity (Wildman–Crippen MR) is 167 cm³/mol. The Labute approximate surface area is 253 Å². The first-order valence-corrected chi connectivity index (χ1v) is 16.2. The molecule has 3 aromatic rings. The Balaban J connectivity index is 2.07. The van der Waals surface area contributed by atoms with Crippen molar-refractivity contribution in [1.29, 1.82) is 0 Å². The van der Waals surface area contributed by atoms with E-state index in [0.29, 0.717) is 27.7 Å². The van der Waals surface area contributed by atoms with Crippen LogP contribution in [0.5, 0.6) is 0 Å². The second-order valence-electron chi connectivity index (χ2n) is 10.1. The SMILES string of the molecule is CCc1ccc(N(CC(=O)N(Cc2ccc(Cl)c(Cl)c2)[C@H](Cc2ccccc2)C(=O)N[C@H](C)CC)S(C)(=O)=O)cc1. The van der Waals surface area contributed by atoms with Crippen molar-refractivity contribution in [3.63, 3.8) is 0 Å². The molecule has 2 atom stereocenters. The van der Waals surface area contributed by atoms with E-state index in [4.69, 9.17) is 23.2 Å². The molecule has 0 unspecified atom stereocenters. The van der Waals surface area contributed by atoms with Crippen LogP contribution in [0.3, 0.4) is 0 Å². The number of nitrogens with zero attached hydrogens (tertiary/aromatic N) is 2. The molecule has 0 fully saturated rings. The number of amides is 2. The molecule has 0 radical (unpaired) electrons. The van der Waals surface area contributed by atoms with Crippen molar-refractivity contribution in [3.8, 4) is 0 Å². The van der Waals surface area contributed by atoms with Crippen molar-refractivity contribution >= 4 is 50.7 Å². The van der Waals surface area contributed by atoms with Crippen LogP contribution in [0.4, 0.5) is 5.69 Å². The van der Waals surface area contributed by atoms with E-state index in [-0.39, 0.29) is 24.9 Å². The first kappa shape index (κ1) is 32.4. The van der Waals surface area contributed by atoms with E-state index >= 15 is 0 Å². The molecule has 0 spiro atoms. The first-order valence-electron chi connectivity index (χ1n) is 13.6. The molecule has 0 aliphatic carbocycles. The third-order valence-electron chi connectivity index (χ3n) is 6.92. The number of rotatable bonds is 13. The summed E-state index contributed by atoms with van der Waals surface area (Å²) in [7, 11) is -3.83. The van der Waals surface area contributed by atoms with Crippen LogP contribution >= 0.6 is 23.2 Å². The maximum atomic E-state index is 14.1. The Hall–Kier alpha value is -3.07. The van der Waals surface area contributed by atoms with Gasteiger partial charge in [0.05, 0.1) is 22.0 Å². The Bertz CT molecular complexity index is 1430. The van der Waals surface area contributed by atoms with Gasteiger partial charge in [0, 0.05) is 19.0 Å². The van der Waals surface area contributed by atoms with Crippen LogP contribution in [0.2, 0.25) is 10.0 Å². The minimum Gasteiger partial charge on any atom is -0.352 e. The molecule has 0 saturated heterocycles. The lowest BCUT2D eigenvalue weighted by molar-refractivity contribution is -0.140. The van der Waals surface area contributed by atoms with Crippen LogP contribution in [0.1, 0.15) is 43.9 Å². The van der Waals surface area contributed by atoms with E-state index in [0.717, 1.165) is 28.1 Å². The molecule has 0 saturated carbocycles. The number of hydrogen-bond acceptors (Lipinski definition) is 4. The molecule has 0 bridgehead atoms. The molecule has 220 valence electrons. The second-order valence-corrected chi connectivity index (χ2v) is 12.8. The number of hydrogen-bond donors (Lipinski definition) is 1. The standard InChI is InChI=1S/C31H37Cl2N3O4S/c1-5-22(3)34-31(38)29(19-24-10-8-7-9-11-24)35(20-25-14-17-27(32)28(33)18-25)30(37)21-36(41(4,39)40)26-15-12-23(6-2)13-16-26/h7-18,22,29H,5-6,19-21H2,1-4H3,(H,34,38)/t22-,29-/m1/s1. The lowest BCUT2D eigenvalue weighted by Crippen LogP contribution is -2.54. The van der Waals surface area contributed by atoms with Gasteiger partial charge < -0.3 is 10.2 Å². The number of benzene rings is 3. The molecular weight excluding hydrogens is 581 g/mol. The lowest BCUT2D eigenvalue weighted by atomic mass is 10.0. The fourth-order valence-corrected chi connectivity index (χ4v) is 5.51. The van der Waals surface area contributed by atoms with Gasteiger partial charge in [-0.15, -0.1) is 0 Å². The molecule has 41 heavy (non-hydrogen) atoms. The molecule has 7 nitrogen and oxygen atoms in total. The van der Waals surface area contributed by atoms with Crippen molar-refractivity contribution in [2.45, 2.75) is 58.7 Å². The molecule has 0 aliphatic heterocycles. The Morgan fingerprint density at radius 1 is 0.878 bits per heavy atom. The summed E-state index contributed by atoms with van der Waals surface area (Å²) in [5.41, 5.74) is 2.93. The highest BCUT2D eigenvalue weighted by atomic mass is 35.5. The molecule has 1 N–H and O–H groups in total. The summed E-state index contributed by atoms with van der Waals surface area (Å²) in [6.45, 7) is 5.41. The minimum absolute atomic E-state index is 0.0214. The first-order chi connectivity index (χ1) is 19.4. The zero-order valence-electron chi connectivity index (χ0n) is 23.8. The highest BCUT2D eigenvalue weighted by Gasteiger charge is 2.33. The number of anilines is 1.